The number of aromatic nitrogens is 2. The van der Waals surface area contributed by atoms with Gasteiger partial charge in [0.25, 0.3) is 0 Å². The Bertz CT molecular complexity index is 1400. The number of nitrogens with one attached hydrogen (secondary N) is 3. The van der Waals surface area contributed by atoms with Crippen molar-refractivity contribution in [2.24, 2.45) is 0 Å². The molecule has 1 aliphatic rings. The molecule has 0 radical (unpaired) electrons. The van der Waals surface area contributed by atoms with Crippen LogP contribution in [0.3, 0.4) is 0 Å². The molecule has 0 amide bonds. The number of fused-ring (bicyclic) bond motifs is 1. The SMILES string of the molecule is O=S(=O)(O)Nc1ccc(CNc2nc(NC3CCCCC3)nc3scc(-c4ccccc4)c23)cc1. The Morgan fingerprint density at radius 1 is 0.971 bits per heavy atom. The molecule has 2 heterocycles. The Morgan fingerprint density at radius 2 is 1.71 bits per heavy atom. The van der Waals surface area contributed by atoms with Gasteiger partial charge < -0.3 is 10.6 Å². The third kappa shape index (κ3) is 5.90. The van der Waals surface area contributed by atoms with Crippen LogP contribution in [0, 0.1) is 0 Å². The fraction of sp³-hybridized carbons (Fsp3) is 0.280. The van der Waals surface area contributed by atoms with Crippen molar-refractivity contribution < 1.29 is 13.0 Å². The van der Waals surface area contributed by atoms with E-state index in [0.717, 1.165) is 45.6 Å². The summed E-state index contributed by atoms with van der Waals surface area (Å²) in [6, 6.07) is 17.4. The average molecular weight is 510 g/mol. The summed E-state index contributed by atoms with van der Waals surface area (Å²) in [5.41, 5.74) is 3.43. The summed E-state index contributed by atoms with van der Waals surface area (Å²) in [4.78, 5) is 10.7. The van der Waals surface area contributed by atoms with Gasteiger partial charge in [-0.25, -0.2) is 4.98 Å². The Labute approximate surface area is 208 Å². The zero-order valence-electron chi connectivity index (χ0n) is 19.1. The van der Waals surface area contributed by atoms with Crippen molar-refractivity contribution in [3.05, 3.63) is 65.5 Å². The first-order valence-electron chi connectivity index (χ1n) is 11.6. The number of anilines is 3. The van der Waals surface area contributed by atoms with Crippen molar-refractivity contribution in [3.63, 3.8) is 0 Å². The highest BCUT2D eigenvalue weighted by Crippen LogP contribution is 2.38. The zero-order chi connectivity index (χ0) is 24.3. The van der Waals surface area contributed by atoms with Crippen molar-refractivity contribution in [3.8, 4) is 11.1 Å². The Morgan fingerprint density at radius 3 is 2.43 bits per heavy atom. The smallest absolute Gasteiger partial charge is 0.357 e. The van der Waals surface area contributed by atoms with Crippen molar-refractivity contribution >= 4 is 49.3 Å². The largest absolute Gasteiger partial charge is 0.365 e. The molecule has 35 heavy (non-hydrogen) atoms. The molecule has 4 N–H and O–H groups in total. The minimum absolute atomic E-state index is 0.295. The summed E-state index contributed by atoms with van der Waals surface area (Å²) in [7, 11) is -4.30. The molecule has 1 saturated carbocycles. The fourth-order valence-corrected chi connectivity index (χ4v) is 5.80. The minimum atomic E-state index is -4.30. The van der Waals surface area contributed by atoms with E-state index in [4.69, 9.17) is 14.5 Å². The summed E-state index contributed by atoms with van der Waals surface area (Å²) >= 11 is 1.61. The second-order valence-corrected chi connectivity index (χ2v) is 10.7. The highest BCUT2D eigenvalue weighted by Gasteiger charge is 2.19. The lowest BCUT2D eigenvalue weighted by molar-refractivity contribution is 0.461. The van der Waals surface area contributed by atoms with E-state index in [1.165, 1.54) is 19.3 Å². The van der Waals surface area contributed by atoms with Crippen molar-refractivity contribution in [2.75, 3.05) is 15.4 Å². The molecule has 5 rings (SSSR count). The summed E-state index contributed by atoms with van der Waals surface area (Å²) in [5.74, 6) is 1.40. The molecule has 182 valence electrons. The number of thiophene rings is 1. The van der Waals surface area contributed by atoms with Crippen LogP contribution in [0.15, 0.2) is 60.0 Å². The second-order valence-electron chi connectivity index (χ2n) is 8.70. The van der Waals surface area contributed by atoms with Crippen molar-refractivity contribution in [1.29, 1.82) is 0 Å². The molecule has 2 aromatic carbocycles. The van der Waals surface area contributed by atoms with Gasteiger partial charge in [0.15, 0.2) is 0 Å². The van der Waals surface area contributed by atoms with E-state index in [0.29, 0.717) is 24.2 Å². The molecular weight excluding hydrogens is 482 g/mol. The van der Waals surface area contributed by atoms with Crippen LogP contribution in [-0.2, 0) is 16.8 Å². The van der Waals surface area contributed by atoms with E-state index in [9.17, 15) is 8.42 Å². The van der Waals surface area contributed by atoms with Crippen LogP contribution in [-0.4, -0.2) is 29.0 Å². The lowest BCUT2D eigenvalue weighted by Crippen LogP contribution is -2.23. The summed E-state index contributed by atoms with van der Waals surface area (Å²) < 4.78 is 33.1. The molecule has 0 aliphatic heterocycles. The van der Waals surface area contributed by atoms with E-state index >= 15 is 0 Å². The van der Waals surface area contributed by atoms with E-state index in [-0.39, 0.29) is 0 Å². The average Bonchev–Trinajstić information content (AvgIpc) is 3.28. The molecule has 1 aliphatic carbocycles. The summed E-state index contributed by atoms with van der Waals surface area (Å²) in [5, 5.41) is 10.1. The van der Waals surface area contributed by atoms with Gasteiger partial charge in [-0.1, -0.05) is 61.7 Å². The molecule has 0 unspecified atom stereocenters. The first-order valence-corrected chi connectivity index (χ1v) is 14.0. The van der Waals surface area contributed by atoms with Crippen LogP contribution >= 0.6 is 11.3 Å². The Kier molecular flexibility index (Phi) is 6.85. The van der Waals surface area contributed by atoms with Crippen LogP contribution in [0.4, 0.5) is 17.5 Å². The molecule has 0 spiro atoms. The molecule has 10 heteroatoms. The predicted octanol–water partition coefficient (Wildman–Crippen LogP) is 5.93. The van der Waals surface area contributed by atoms with Crippen LogP contribution in [0.5, 0.6) is 0 Å². The normalized spacial score (nSPS) is 14.7. The quantitative estimate of drug-likeness (QED) is 0.218. The van der Waals surface area contributed by atoms with Crippen LogP contribution < -0.4 is 15.4 Å². The van der Waals surface area contributed by atoms with Gasteiger partial charge in [-0.3, -0.25) is 9.27 Å². The van der Waals surface area contributed by atoms with Gasteiger partial charge in [0.05, 0.1) is 11.1 Å². The highest BCUT2D eigenvalue weighted by molar-refractivity contribution is 7.87. The monoisotopic (exact) mass is 509 g/mol. The first-order chi connectivity index (χ1) is 16.9. The first kappa shape index (κ1) is 23.5. The van der Waals surface area contributed by atoms with Gasteiger partial charge in [-0.15, -0.1) is 11.3 Å². The van der Waals surface area contributed by atoms with E-state index in [2.05, 4.69) is 32.9 Å². The van der Waals surface area contributed by atoms with Gasteiger partial charge in [-0.05, 0) is 36.1 Å². The predicted molar refractivity (Wildman–Crippen MR) is 142 cm³/mol. The molecule has 0 atom stereocenters. The third-order valence-corrected chi connectivity index (χ3v) is 7.48. The zero-order valence-corrected chi connectivity index (χ0v) is 20.7. The van der Waals surface area contributed by atoms with Crippen LogP contribution in [0.25, 0.3) is 21.3 Å². The molecule has 0 bridgehead atoms. The third-order valence-electron chi connectivity index (χ3n) is 6.12. The van der Waals surface area contributed by atoms with Crippen LogP contribution in [0.2, 0.25) is 0 Å². The summed E-state index contributed by atoms with van der Waals surface area (Å²) in [6.45, 7) is 0.491. The van der Waals surface area contributed by atoms with Crippen molar-refractivity contribution in [1.82, 2.24) is 9.97 Å². The molecule has 8 nitrogen and oxygen atoms in total. The Hall–Kier alpha value is -3.21. The minimum Gasteiger partial charge on any atom is -0.365 e. The standard InChI is InChI=1S/C25H27N5O3S2/c31-35(32,33)30-20-13-11-17(12-14-20)15-26-23-22-21(18-7-3-1-4-8-18)16-34-24(22)29-25(28-23)27-19-9-5-2-6-10-19/h1,3-4,7-8,11-14,16,19,30H,2,5-6,9-10,15H2,(H,31,32,33)(H2,26,27,28,29). The number of benzene rings is 2. The van der Waals surface area contributed by atoms with Gasteiger partial charge in [0.2, 0.25) is 5.95 Å². The molecule has 0 saturated heterocycles. The number of hydrogen-bond donors (Lipinski definition) is 4. The number of nitrogens with zero attached hydrogens (tertiary/aromatic N) is 2. The summed E-state index contributed by atoms with van der Waals surface area (Å²) in [6.07, 6.45) is 6.01. The van der Waals surface area contributed by atoms with Gasteiger partial charge in [0, 0.05) is 23.5 Å². The Balaban J connectivity index is 1.44. The molecular formula is C25H27N5O3S2. The topological polar surface area (TPSA) is 116 Å². The maximum Gasteiger partial charge on any atom is 0.357 e. The maximum atomic E-state index is 11.0. The maximum absolute atomic E-state index is 11.0. The highest BCUT2D eigenvalue weighted by atomic mass is 32.2. The van der Waals surface area contributed by atoms with E-state index in [1.54, 1.807) is 35.6 Å². The van der Waals surface area contributed by atoms with E-state index < -0.39 is 10.3 Å². The lowest BCUT2D eigenvalue weighted by atomic mass is 9.96. The van der Waals surface area contributed by atoms with Gasteiger partial charge in [-0.2, -0.15) is 13.4 Å². The number of hydrogen-bond acceptors (Lipinski definition) is 7. The van der Waals surface area contributed by atoms with E-state index in [1.807, 2.05) is 18.2 Å². The van der Waals surface area contributed by atoms with Gasteiger partial charge in [0.1, 0.15) is 10.6 Å². The molecule has 2 aromatic heterocycles. The number of rotatable bonds is 8. The van der Waals surface area contributed by atoms with Crippen LogP contribution in [0.1, 0.15) is 37.7 Å². The van der Waals surface area contributed by atoms with Gasteiger partial charge >= 0.3 is 10.3 Å². The molecule has 1 fully saturated rings. The van der Waals surface area contributed by atoms with Crippen molar-refractivity contribution in [2.45, 2.75) is 44.7 Å². The second kappa shape index (κ2) is 10.2. The fourth-order valence-electron chi connectivity index (χ4n) is 4.42. The molecule has 4 aromatic rings. The lowest BCUT2D eigenvalue weighted by Gasteiger charge is -2.23.